The number of methoxy groups -OCH3 is 2. The highest BCUT2D eigenvalue weighted by Crippen LogP contribution is 2.40. The maximum absolute atomic E-state index is 12.1. The normalized spacial score (nSPS) is 20.0. The van der Waals surface area contributed by atoms with Crippen LogP contribution >= 0.6 is 0 Å². The Morgan fingerprint density at radius 2 is 1.92 bits per heavy atom. The van der Waals surface area contributed by atoms with E-state index >= 15 is 0 Å². The number of aromatic nitrogens is 2. The van der Waals surface area contributed by atoms with Crippen LogP contribution in [0.1, 0.15) is 26.7 Å². The van der Waals surface area contributed by atoms with Crippen molar-refractivity contribution in [2.75, 3.05) is 31.4 Å². The van der Waals surface area contributed by atoms with Gasteiger partial charge in [-0.05, 0) is 24.8 Å². The van der Waals surface area contributed by atoms with Crippen molar-refractivity contribution in [1.82, 2.24) is 9.97 Å². The zero-order chi connectivity index (χ0) is 19.1. The number of nitrogens with two attached hydrogens (primary N) is 1. The van der Waals surface area contributed by atoms with Gasteiger partial charge in [0.15, 0.2) is 11.5 Å². The lowest BCUT2D eigenvalue weighted by Crippen LogP contribution is -2.55. The van der Waals surface area contributed by atoms with Crippen molar-refractivity contribution in [3.05, 3.63) is 12.1 Å². The second kappa shape index (κ2) is 6.51. The molecule has 0 aliphatic carbocycles. The number of hydrogen-bond acceptors (Lipinski definition) is 7. The molecule has 2 aromatic rings. The molecule has 26 heavy (non-hydrogen) atoms. The molecule has 0 radical (unpaired) electrons. The highest BCUT2D eigenvalue weighted by molar-refractivity contribution is 5.92. The summed E-state index contributed by atoms with van der Waals surface area (Å²) in [5, 5.41) is 10.6. The van der Waals surface area contributed by atoms with Crippen LogP contribution in [0, 0.1) is 5.92 Å². The first kappa shape index (κ1) is 18.0. The first-order valence-electron chi connectivity index (χ1n) is 8.55. The van der Waals surface area contributed by atoms with Crippen molar-refractivity contribution in [1.29, 1.82) is 0 Å². The van der Waals surface area contributed by atoms with E-state index in [4.69, 9.17) is 15.2 Å². The lowest BCUT2D eigenvalue weighted by atomic mass is 9.84. The van der Waals surface area contributed by atoms with Crippen LogP contribution in [0.3, 0.4) is 0 Å². The standard InChI is InChI=1S/C18H24N4O4/c1-10(2)18(16(23)24)6-5-7-22(18)17-20-12-9-14(26-4)13(25-3)8-11(12)15(19)21-17/h8-10H,5-7H2,1-4H3,(H,23,24)(H2,19,20,21). The zero-order valence-corrected chi connectivity index (χ0v) is 15.4. The summed E-state index contributed by atoms with van der Waals surface area (Å²) < 4.78 is 10.6. The Labute approximate surface area is 151 Å². The molecule has 1 fully saturated rings. The van der Waals surface area contributed by atoms with Crippen molar-refractivity contribution in [2.45, 2.75) is 32.2 Å². The van der Waals surface area contributed by atoms with Crippen molar-refractivity contribution < 1.29 is 19.4 Å². The first-order valence-corrected chi connectivity index (χ1v) is 8.55. The number of nitrogens with zero attached hydrogens (tertiary/aromatic N) is 3. The van der Waals surface area contributed by atoms with Crippen molar-refractivity contribution >= 4 is 28.6 Å². The molecule has 1 aromatic carbocycles. The van der Waals surface area contributed by atoms with E-state index in [0.717, 1.165) is 6.42 Å². The van der Waals surface area contributed by atoms with Crippen LogP contribution in [0.15, 0.2) is 12.1 Å². The average molecular weight is 360 g/mol. The number of anilines is 2. The summed E-state index contributed by atoms with van der Waals surface area (Å²) in [6.07, 6.45) is 1.31. The molecule has 0 saturated carbocycles. The Hall–Kier alpha value is -2.77. The molecule has 1 aliphatic heterocycles. The second-order valence-corrected chi connectivity index (χ2v) is 6.77. The summed E-state index contributed by atoms with van der Waals surface area (Å²) in [7, 11) is 3.09. The SMILES string of the molecule is COc1cc2nc(N3CCCC3(C(=O)O)C(C)C)nc(N)c2cc1OC. The number of ether oxygens (including phenoxy) is 2. The molecular formula is C18H24N4O4. The molecule has 0 amide bonds. The summed E-state index contributed by atoms with van der Waals surface area (Å²) >= 11 is 0. The molecule has 1 atom stereocenters. The summed E-state index contributed by atoms with van der Waals surface area (Å²) in [6.45, 7) is 4.39. The molecule has 1 unspecified atom stereocenters. The largest absolute Gasteiger partial charge is 0.493 e. The molecule has 140 valence electrons. The summed E-state index contributed by atoms with van der Waals surface area (Å²) in [5.41, 5.74) is 5.71. The van der Waals surface area contributed by atoms with Gasteiger partial charge in [0.1, 0.15) is 11.4 Å². The van der Waals surface area contributed by atoms with Crippen LogP contribution in [0.4, 0.5) is 11.8 Å². The summed E-state index contributed by atoms with van der Waals surface area (Å²) in [5.74, 6) is 0.704. The Bertz CT molecular complexity index is 855. The van der Waals surface area contributed by atoms with Crippen LogP contribution in [-0.4, -0.2) is 47.3 Å². The van der Waals surface area contributed by atoms with Gasteiger partial charge in [-0.15, -0.1) is 0 Å². The lowest BCUT2D eigenvalue weighted by Gasteiger charge is -2.38. The van der Waals surface area contributed by atoms with Crippen LogP contribution in [0.5, 0.6) is 11.5 Å². The smallest absolute Gasteiger partial charge is 0.329 e. The lowest BCUT2D eigenvalue weighted by molar-refractivity contribution is -0.144. The van der Waals surface area contributed by atoms with Gasteiger partial charge in [-0.3, -0.25) is 0 Å². The fourth-order valence-electron chi connectivity index (χ4n) is 3.78. The topological polar surface area (TPSA) is 111 Å². The van der Waals surface area contributed by atoms with E-state index in [1.165, 1.54) is 0 Å². The quantitative estimate of drug-likeness (QED) is 0.836. The molecule has 8 nitrogen and oxygen atoms in total. The Kier molecular flexibility index (Phi) is 4.52. The fraction of sp³-hybridized carbons (Fsp3) is 0.500. The minimum atomic E-state index is -1.03. The van der Waals surface area contributed by atoms with Crippen molar-refractivity contribution in [2.24, 2.45) is 5.92 Å². The summed E-state index contributed by atoms with van der Waals surface area (Å²) in [4.78, 5) is 22.9. The zero-order valence-electron chi connectivity index (χ0n) is 15.4. The number of carboxylic acid groups (broad SMARTS) is 1. The number of carbonyl (C=O) groups is 1. The Balaban J connectivity index is 2.18. The van der Waals surface area contributed by atoms with E-state index in [1.807, 2.05) is 13.8 Å². The van der Waals surface area contributed by atoms with Gasteiger partial charge in [-0.1, -0.05) is 13.8 Å². The third-order valence-electron chi connectivity index (χ3n) is 5.21. The molecule has 2 heterocycles. The maximum atomic E-state index is 12.1. The van der Waals surface area contributed by atoms with Crippen LogP contribution < -0.4 is 20.1 Å². The van der Waals surface area contributed by atoms with Crippen LogP contribution in [0.2, 0.25) is 0 Å². The van der Waals surface area contributed by atoms with Crippen LogP contribution in [-0.2, 0) is 4.79 Å². The Morgan fingerprint density at radius 1 is 1.27 bits per heavy atom. The number of rotatable bonds is 5. The molecule has 1 aliphatic rings. The number of hydrogen-bond donors (Lipinski definition) is 2. The maximum Gasteiger partial charge on any atom is 0.329 e. The fourth-order valence-corrected chi connectivity index (χ4v) is 3.78. The van der Waals surface area contributed by atoms with Gasteiger partial charge >= 0.3 is 5.97 Å². The van der Waals surface area contributed by atoms with Gasteiger partial charge in [-0.25, -0.2) is 9.78 Å². The molecule has 0 bridgehead atoms. The number of fused-ring (bicyclic) bond motifs is 1. The van der Waals surface area contributed by atoms with Gasteiger partial charge in [0.05, 0.1) is 19.7 Å². The minimum Gasteiger partial charge on any atom is -0.493 e. The van der Waals surface area contributed by atoms with E-state index < -0.39 is 11.5 Å². The second-order valence-electron chi connectivity index (χ2n) is 6.77. The minimum absolute atomic E-state index is 0.103. The third kappa shape index (κ3) is 2.56. The molecule has 1 saturated heterocycles. The Morgan fingerprint density at radius 3 is 2.50 bits per heavy atom. The van der Waals surface area contributed by atoms with Gasteiger partial charge in [-0.2, -0.15) is 4.98 Å². The predicted molar refractivity (Wildman–Crippen MR) is 98.8 cm³/mol. The highest BCUT2D eigenvalue weighted by atomic mass is 16.5. The molecule has 1 aromatic heterocycles. The van der Waals surface area contributed by atoms with E-state index in [-0.39, 0.29) is 11.7 Å². The predicted octanol–water partition coefficient (Wildman–Crippen LogP) is 2.31. The van der Waals surface area contributed by atoms with Gasteiger partial charge in [0, 0.05) is 18.0 Å². The van der Waals surface area contributed by atoms with Crippen LogP contribution in [0.25, 0.3) is 10.9 Å². The molecule has 3 N–H and O–H groups in total. The van der Waals surface area contributed by atoms with Crippen molar-refractivity contribution in [3.8, 4) is 11.5 Å². The first-order chi connectivity index (χ1) is 12.3. The monoisotopic (exact) mass is 360 g/mol. The number of carboxylic acids is 1. The van der Waals surface area contributed by atoms with E-state index in [9.17, 15) is 9.90 Å². The highest BCUT2D eigenvalue weighted by Gasteiger charge is 2.51. The van der Waals surface area contributed by atoms with E-state index in [1.54, 1.807) is 31.3 Å². The number of benzene rings is 1. The molecule has 8 heteroatoms. The van der Waals surface area contributed by atoms with E-state index in [2.05, 4.69) is 9.97 Å². The molecule has 3 rings (SSSR count). The molecular weight excluding hydrogens is 336 g/mol. The van der Waals surface area contributed by atoms with Gasteiger partial charge in [0.25, 0.3) is 0 Å². The summed E-state index contributed by atoms with van der Waals surface area (Å²) in [6, 6.07) is 3.45. The van der Waals surface area contributed by atoms with Gasteiger partial charge in [0.2, 0.25) is 5.95 Å². The average Bonchev–Trinajstić information content (AvgIpc) is 3.07. The number of nitrogen functional groups attached to an aromatic ring is 1. The number of aliphatic carboxylic acids is 1. The van der Waals surface area contributed by atoms with E-state index in [0.29, 0.717) is 41.3 Å². The third-order valence-corrected chi connectivity index (χ3v) is 5.21. The molecule has 0 spiro atoms. The van der Waals surface area contributed by atoms with Gasteiger partial charge < -0.3 is 25.2 Å². The van der Waals surface area contributed by atoms with Crippen molar-refractivity contribution in [3.63, 3.8) is 0 Å².